The first-order valence-corrected chi connectivity index (χ1v) is 15.0. The van der Waals surface area contributed by atoms with E-state index >= 15 is 0 Å². The molecule has 7 heteroatoms. The Hall–Kier alpha value is -2.87. The Balaban J connectivity index is 1.21. The van der Waals surface area contributed by atoms with Crippen molar-refractivity contribution in [2.75, 3.05) is 0 Å². The zero-order chi connectivity index (χ0) is 26.5. The number of aliphatic hydroxyl groups is 1. The number of aryl methyl sites for hydroxylation is 1. The molecule has 2 fully saturated rings. The first-order chi connectivity index (χ1) is 18.1. The molecule has 0 aliphatic heterocycles. The molecule has 0 unspecified atom stereocenters. The van der Waals surface area contributed by atoms with E-state index in [2.05, 4.69) is 19.1 Å². The van der Waals surface area contributed by atoms with Crippen LogP contribution in [0.25, 0.3) is 0 Å². The smallest absolute Gasteiger partial charge is 0.380 e. The Labute approximate surface area is 225 Å². The molecule has 3 aromatic carbocycles. The van der Waals surface area contributed by atoms with Gasteiger partial charge in [0, 0.05) is 6.42 Å². The molecule has 0 aromatic heterocycles. The fraction of sp³-hybridized carbons (Fsp3) is 0.419. The summed E-state index contributed by atoms with van der Waals surface area (Å²) in [7, 11) is -4.04. The van der Waals surface area contributed by atoms with E-state index in [4.69, 9.17) is 14.1 Å². The van der Waals surface area contributed by atoms with Gasteiger partial charge in [-0.05, 0) is 115 Å². The van der Waals surface area contributed by atoms with E-state index in [-0.39, 0.29) is 11.2 Å². The van der Waals surface area contributed by atoms with E-state index in [1.54, 1.807) is 6.07 Å². The van der Waals surface area contributed by atoms with Crippen LogP contribution in [0.2, 0.25) is 0 Å². The second-order valence-corrected chi connectivity index (χ2v) is 12.8. The van der Waals surface area contributed by atoms with Crippen molar-refractivity contribution in [2.24, 2.45) is 22.4 Å². The lowest BCUT2D eigenvalue weighted by atomic mass is 9.53. The van der Waals surface area contributed by atoms with Gasteiger partial charge in [-0.1, -0.05) is 43.3 Å². The first-order valence-electron chi connectivity index (χ1n) is 13.5. The van der Waals surface area contributed by atoms with Gasteiger partial charge in [0.2, 0.25) is 0 Å². The molecule has 2 saturated carbocycles. The van der Waals surface area contributed by atoms with E-state index in [9.17, 15) is 13.5 Å². The second-order valence-electron chi connectivity index (χ2n) is 11.6. The number of hydrogen-bond donors (Lipinski definition) is 2. The summed E-state index contributed by atoms with van der Waals surface area (Å²) in [6, 6.07) is 23.5. The van der Waals surface area contributed by atoms with Crippen molar-refractivity contribution in [1.82, 2.24) is 0 Å². The van der Waals surface area contributed by atoms with Crippen molar-refractivity contribution in [3.8, 4) is 17.2 Å². The molecule has 6 rings (SSSR count). The molecule has 0 spiro atoms. The van der Waals surface area contributed by atoms with Crippen LogP contribution in [0.4, 0.5) is 0 Å². The summed E-state index contributed by atoms with van der Waals surface area (Å²) in [5.74, 6) is 3.24. The van der Waals surface area contributed by atoms with Gasteiger partial charge in [-0.25, -0.2) is 0 Å². The summed E-state index contributed by atoms with van der Waals surface area (Å²) in [4.78, 5) is 0. The third kappa shape index (κ3) is 4.61. The predicted molar refractivity (Wildman–Crippen MR) is 146 cm³/mol. The second kappa shape index (κ2) is 9.40. The molecule has 3 N–H and O–H groups in total. The quantitative estimate of drug-likeness (QED) is 0.412. The number of para-hydroxylation sites is 1. The highest BCUT2D eigenvalue weighted by atomic mass is 32.2. The lowest BCUT2D eigenvalue weighted by molar-refractivity contribution is -0.102. The lowest BCUT2D eigenvalue weighted by Gasteiger charge is -2.53. The maximum absolute atomic E-state index is 12.2. The number of rotatable bonds is 6. The van der Waals surface area contributed by atoms with Crippen LogP contribution in [0.15, 0.2) is 72.8 Å². The average molecular weight is 534 g/mol. The summed E-state index contributed by atoms with van der Waals surface area (Å²) in [6.45, 7) is 2.31. The first kappa shape index (κ1) is 25.4. The third-order valence-electron chi connectivity index (χ3n) is 9.61. The van der Waals surface area contributed by atoms with Crippen molar-refractivity contribution in [2.45, 2.75) is 63.4 Å². The van der Waals surface area contributed by atoms with Gasteiger partial charge in [0.05, 0.1) is 5.60 Å². The predicted octanol–water partition coefficient (Wildman–Crippen LogP) is 5.89. The monoisotopic (exact) mass is 533 g/mol. The molecule has 0 saturated heterocycles. The summed E-state index contributed by atoms with van der Waals surface area (Å²) >= 11 is 0. The summed E-state index contributed by atoms with van der Waals surface area (Å²) in [5.41, 5.74) is 2.63. The minimum Gasteiger partial charge on any atom is -0.457 e. The van der Waals surface area contributed by atoms with Gasteiger partial charge >= 0.3 is 10.3 Å². The molecule has 5 atom stereocenters. The van der Waals surface area contributed by atoms with Gasteiger partial charge in [-0.15, -0.1) is 0 Å². The Bertz CT molecular complexity index is 1440. The molecule has 0 heterocycles. The number of fused-ring (bicyclic) bond motifs is 5. The van der Waals surface area contributed by atoms with Crippen molar-refractivity contribution in [1.29, 1.82) is 0 Å². The van der Waals surface area contributed by atoms with Gasteiger partial charge in [0.15, 0.2) is 0 Å². The van der Waals surface area contributed by atoms with Crippen molar-refractivity contribution < 1.29 is 22.4 Å². The third-order valence-corrected chi connectivity index (χ3v) is 10.0. The maximum Gasteiger partial charge on any atom is 0.380 e. The summed E-state index contributed by atoms with van der Waals surface area (Å²) < 4.78 is 33.7. The van der Waals surface area contributed by atoms with Gasteiger partial charge < -0.3 is 14.0 Å². The SMILES string of the molecule is C[C@]12CC[C@@H]3c4ccc(OS(N)(=O)=O)cc4CC[C@H]3[C@@H]1CC[C@@]2(O)Cc1cccc(Oc2ccccc2)c1. The largest absolute Gasteiger partial charge is 0.457 e. The molecule has 3 aliphatic rings. The van der Waals surface area contributed by atoms with Crippen LogP contribution in [0.1, 0.15) is 61.6 Å². The highest BCUT2D eigenvalue weighted by Crippen LogP contribution is 2.65. The van der Waals surface area contributed by atoms with Gasteiger partial charge in [0.25, 0.3) is 0 Å². The van der Waals surface area contributed by atoms with Crippen molar-refractivity contribution in [3.63, 3.8) is 0 Å². The molecule has 6 nitrogen and oxygen atoms in total. The molecule has 3 aromatic rings. The molecule has 0 bridgehead atoms. The van der Waals surface area contributed by atoms with Crippen LogP contribution in [-0.4, -0.2) is 19.1 Å². The lowest BCUT2D eigenvalue weighted by Crippen LogP contribution is -2.51. The van der Waals surface area contributed by atoms with Gasteiger partial charge in [-0.3, -0.25) is 0 Å². The van der Waals surface area contributed by atoms with Gasteiger partial charge in [0.1, 0.15) is 17.2 Å². The van der Waals surface area contributed by atoms with Crippen molar-refractivity contribution >= 4 is 10.3 Å². The van der Waals surface area contributed by atoms with Crippen molar-refractivity contribution in [3.05, 3.63) is 89.5 Å². The minimum absolute atomic E-state index is 0.154. The number of ether oxygens (including phenoxy) is 1. The molecule has 0 radical (unpaired) electrons. The molecular weight excluding hydrogens is 498 g/mol. The highest BCUT2D eigenvalue weighted by molar-refractivity contribution is 7.84. The molecular formula is C31H35NO5S. The fourth-order valence-electron chi connectivity index (χ4n) is 7.83. The normalized spacial score (nSPS) is 30.1. The summed E-state index contributed by atoms with van der Waals surface area (Å²) in [6.07, 6.45) is 6.33. The van der Waals surface area contributed by atoms with E-state index in [0.717, 1.165) is 61.2 Å². The maximum atomic E-state index is 12.2. The van der Waals surface area contributed by atoms with E-state index in [1.807, 2.05) is 54.6 Å². The summed E-state index contributed by atoms with van der Waals surface area (Å²) in [5, 5.41) is 17.2. The van der Waals surface area contributed by atoms with Crippen LogP contribution >= 0.6 is 0 Å². The van der Waals surface area contributed by atoms with Crippen LogP contribution < -0.4 is 14.1 Å². The highest BCUT2D eigenvalue weighted by Gasteiger charge is 2.61. The number of hydrogen-bond acceptors (Lipinski definition) is 5. The minimum atomic E-state index is -4.04. The van der Waals surface area contributed by atoms with E-state index < -0.39 is 15.9 Å². The Morgan fingerprint density at radius 3 is 2.50 bits per heavy atom. The zero-order valence-corrected chi connectivity index (χ0v) is 22.5. The van der Waals surface area contributed by atoms with Crippen LogP contribution in [-0.2, 0) is 23.1 Å². The van der Waals surface area contributed by atoms with E-state index in [0.29, 0.717) is 24.2 Å². The molecule has 38 heavy (non-hydrogen) atoms. The van der Waals surface area contributed by atoms with Crippen LogP contribution in [0.3, 0.4) is 0 Å². The van der Waals surface area contributed by atoms with Gasteiger partial charge in [-0.2, -0.15) is 13.6 Å². The fourth-order valence-corrected chi connectivity index (χ4v) is 8.20. The topological polar surface area (TPSA) is 98.9 Å². The van der Waals surface area contributed by atoms with Crippen LogP contribution in [0, 0.1) is 17.3 Å². The molecule has 3 aliphatic carbocycles. The molecule has 200 valence electrons. The standard InChI is InChI=1S/C31H35NO5S/c1-30-16-14-27-26-13-11-25(37-38(32,34)35)19-22(26)10-12-28(27)29(30)15-17-31(30,33)20-21-6-5-9-24(18-21)36-23-7-3-2-4-8-23/h2-9,11,13,18-19,27-29,33H,10,12,14-17,20H2,1H3,(H2,32,34,35)/t27-,28-,29+,30+,31-/m1/s1. The Morgan fingerprint density at radius 2 is 1.71 bits per heavy atom. The Morgan fingerprint density at radius 1 is 0.921 bits per heavy atom. The zero-order valence-electron chi connectivity index (χ0n) is 21.7. The Kier molecular flexibility index (Phi) is 6.29. The number of nitrogens with two attached hydrogens (primary N) is 1. The van der Waals surface area contributed by atoms with E-state index in [1.165, 1.54) is 5.56 Å². The number of benzene rings is 3. The molecule has 0 amide bonds. The average Bonchev–Trinajstić information content (AvgIpc) is 3.14. The van der Waals surface area contributed by atoms with Crippen LogP contribution in [0.5, 0.6) is 17.2 Å².